The van der Waals surface area contributed by atoms with E-state index in [0.717, 1.165) is 0 Å². The lowest BCUT2D eigenvalue weighted by Crippen LogP contribution is -0.580. The van der Waals surface area contributed by atoms with Crippen LogP contribution in [0.2, 0.25) is 0 Å². The Morgan fingerprint density at radius 1 is 0.500 bits per heavy atom. The van der Waals surface area contributed by atoms with Gasteiger partial charge in [0.2, 0.25) is 0 Å². The smallest absolute Gasteiger partial charge is 0 e. The van der Waals surface area contributed by atoms with Gasteiger partial charge >= 0.3 is 0 Å². The van der Waals surface area contributed by atoms with Crippen LogP contribution in [0.5, 0.6) is 0 Å². The van der Waals surface area contributed by atoms with Gasteiger partial charge in [-0.15, -0.1) is 0 Å². The Bertz CT molecular complexity index is 5.51. The van der Waals surface area contributed by atoms with Crippen molar-refractivity contribution >= 4 is 0 Å². The highest BCUT2D eigenvalue weighted by molar-refractivity contribution is 2.50. The van der Waals surface area contributed by atoms with Gasteiger partial charge in [0.15, 0.2) is 0 Å². The zero-order chi connectivity index (χ0) is 4.00. The molecule has 0 rings (SSSR count). The highest BCUT2D eigenvalue weighted by atomic mass is 20.0. The van der Waals surface area contributed by atoms with Crippen LogP contribution < -0.4 is 0 Å². The lowest BCUT2D eigenvalue weighted by molar-refractivity contribution is 0.108. The van der Waals surface area contributed by atoms with Gasteiger partial charge in [0, 0.05) is 18.3 Å². The van der Waals surface area contributed by atoms with E-state index < -0.39 is 0 Å². The zero-order valence-corrected chi connectivity index (χ0v) is 1.51. The summed E-state index contributed by atoms with van der Waals surface area (Å²) in [4.78, 5) is 0. The molecule has 0 nitrogen and oxygen atoms in total. The SMILES string of the molecule is C.C.FF.FF. The Morgan fingerprint density at radius 2 is 0.500 bits per heavy atom. The molecule has 0 aromatic heterocycles. The van der Waals surface area contributed by atoms with Gasteiger partial charge in [-0.3, -0.25) is 0 Å². The minimum Gasteiger partial charge on any atom is -0.0776 e. The third kappa shape index (κ3) is 351. The molecule has 0 aromatic carbocycles. The van der Waals surface area contributed by atoms with Crippen LogP contribution in [-0.4, -0.2) is 0 Å². The third-order valence-electron chi connectivity index (χ3n) is 0. The van der Waals surface area contributed by atoms with E-state index in [-0.39, 0.29) is 14.9 Å². The molecule has 0 bridgehead atoms. The van der Waals surface area contributed by atoms with Crippen molar-refractivity contribution < 1.29 is 18.3 Å². The summed E-state index contributed by atoms with van der Waals surface area (Å²) in [6.45, 7) is 0. The van der Waals surface area contributed by atoms with E-state index in [4.69, 9.17) is 18.3 Å². The number of rotatable bonds is 0. The van der Waals surface area contributed by atoms with Crippen LogP contribution in [0, 0.1) is 0 Å². The zero-order valence-electron chi connectivity index (χ0n) is 1.51. The van der Waals surface area contributed by atoms with E-state index >= 15 is 0 Å². The van der Waals surface area contributed by atoms with Crippen molar-refractivity contribution in [2.75, 3.05) is 0 Å². The Labute approximate surface area is 34.5 Å². The highest BCUT2D eigenvalue weighted by Gasteiger charge is 1.00. The molecule has 0 N–H and O–H groups in total. The number of halogens is 4. The molecule has 0 aliphatic heterocycles. The van der Waals surface area contributed by atoms with Gasteiger partial charge in [-0.25, -0.2) is 0 Å². The maximum Gasteiger partial charge on any atom is 0 e. The molecule has 0 fully saturated rings. The maximum atomic E-state index is 8.00. The summed E-state index contributed by atoms with van der Waals surface area (Å²) in [6, 6.07) is 0. The first-order chi connectivity index (χ1) is 2.00. The predicted octanol–water partition coefficient (Wildman–Crippen LogP) is 2.95. The van der Waals surface area contributed by atoms with E-state index in [1.807, 2.05) is 0 Å². The molecule has 0 aliphatic carbocycles. The second kappa shape index (κ2) is 833. The Hall–Kier alpha value is -0.280. The summed E-state index contributed by atoms with van der Waals surface area (Å²) >= 11 is 0. The molecular formula is C2H8F4. The topological polar surface area (TPSA) is 0 Å². The standard InChI is InChI=1S/2CH4.2F2/c;;2*1-2/h2*1H4;;. The molecule has 0 atom stereocenters. The van der Waals surface area contributed by atoms with E-state index in [0.29, 0.717) is 0 Å². The van der Waals surface area contributed by atoms with Crippen molar-refractivity contribution in [1.82, 2.24) is 0 Å². The summed E-state index contributed by atoms with van der Waals surface area (Å²) in [7, 11) is 0. The average Bonchev–Trinajstić information content (AvgIpc) is 1.50. The second-order valence-electron chi connectivity index (χ2n) is 0. The molecular weight excluding hydrogens is 100 g/mol. The summed E-state index contributed by atoms with van der Waals surface area (Å²) < 4.78 is 32.0. The Morgan fingerprint density at radius 3 is 0.500 bits per heavy atom. The molecule has 0 amide bonds. The molecule has 0 unspecified atom stereocenters. The fraction of sp³-hybridized carbons (Fsp3) is 1.00. The van der Waals surface area contributed by atoms with Crippen LogP contribution in [0.15, 0.2) is 0 Å². The van der Waals surface area contributed by atoms with Gasteiger partial charge in [-0.2, -0.15) is 0 Å². The molecule has 4 heteroatoms. The van der Waals surface area contributed by atoms with Crippen LogP contribution in [0.4, 0.5) is 18.3 Å². The molecule has 0 aromatic rings. The van der Waals surface area contributed by atoms with Crippen molar-refractivity contribution in [1.29, 1.82) is 0 Å². The molecule has 0 saturated carbocycles. The highest BCUT2D eigenvalue weighted by Crippen LogP contribution is 1.42. The largest absolute Gasteiger partial charge is 0.0776 e. The summed E-state index contributed by atoms with van der Waals surface area (Å²) in [6.07, 6.45) is 0. The van der Waals surface area contributed by atoms with E-state index in [9.17, 15) is 0 Å². The Balaban J connectivity index is -0.00000000500. The quantitative estimate of drug-likeness (QED) is 0.418. The first-order valence-corrected chi connectivity index (χ1v) is 0.286. The molecule has 0 radical (unpaired) electrons. The first kappa shape index (κ1) is 43.1. The van der Waals surface area contributed by atoms with Crippen molar-refractivity contribution in [3.8, 4) is 0 Å². The molecule has 0 heterocycles. The summed E-state index contributed by atoms with van der Waals surface area (Å²) in [5.41, 5.74) is 0. The van der Waals surface area contributed by atoms with Crippen molar-refractivity contribution in [3.05, 3.63) is 0 Å². The number of hydrogen-bond donors (Lipinski definition) is 0. The molecule has 6 heavy (non-hydrogen) atoms. The van der Waals surface area contributed by atoms with Gasteiger partial charge in [0.05, 0.1) is 0 Å². The van der Waals surface area contributed by atoms with Crippen molar-refractivity contribution in [2.45, 2.75) is 14.9 Å². The van der Waals surface area contributed by atoms with Crippen LogP contribution in [-0.2, 0) is 0 Å². The van der Waals surface area contributed by atoms with Crippen LogP contribution in [0.3, 0.4) is 0 Å². The van der Waals surface area contributed by atoms with Crippen molar-refractivity contribution in [2.24, 2.45) is 0 Å². The maximum absolute atomic E-state index is 8.00. The van der Waals surface area contributed by atoms with E-state index in [1.54, 1.807) is 0 Å². The van der Waals surface area contributed by atoms with Gasteiger partial charge in [0.25, 0.3) is 0 Å². The fourth-order valence-electron chi connectivity index (χ4n) is 0. The lowest BCUT2D eigenvalue weighted by atomic mass is 12.0. The third-order valence-corrected chi connectivity index (χ3v) is 0. The van der Waals surface area contributed by atoms with Crippen LogP contribution >= 0.6 is 0 Å². The second-order valence-corrected chi connectivity index (χ2v) is 0. The van der Waals surface area contributed by atoms with Gasteiger partial charge < -0.3 is 0 Å². The minimum atomic E-state index is 0. The normalized spacial score (nSPS) is 2.00. The van der Waals surface area contributed by atoms with Crippen molar-refractivity contribution in [3.63, 3.8) is 0 Å². The fourth-order valence-corrected chi connectivity index (χ4v) is 0. The molecule has 0 aliphatic rings. The lowest BCUT2D eigenvalue weighted by Gasteiger charge is -1.00. The minimum absolute atomic E-state index is 0. The average molecular weight is 108 g/mol. The summed E-state index contributed by atoms with van der Waals surface area (Å²) in [5.74, 6) is 0. The van der Waals surface area contributed by atoms with Gasteiger partial charge in [0.1, 0.15) is 0 Å². The van der Waals surface area contributed by atoms with Crippen LogP contribution in [0.25, 0.3) is 0 Å². The molecule has 0 saturated heterocycles. The monoisotopic (exact) mass is 108 g/mol. The number of hydrogen-bond acceptors (Lipinski definition) is 0. The molecule has 0 spiro atoms. The van der Waals surface area contributed by atoms with E-state index in [1.165, 1.54) is 0 Å². The predicted molar refractivity (Wildman–Crippen MR) is 17.9 cm³/mol. The van der Waals surface area contributed by atoms with Crippen LogP contribution in [0.1, 0.15) is 14.9 Å². The Kier molecular flexibility index (Phi) is 5980. The van der Waals surface area contributed by atoms with E-state index in [2.05, 4.69) is 0 Å². The summed E-state index contributed by atoms with van der Waals surface area (Å²) in [5, 5.41) is 0. The first-order valence-electron chi connectivity index (χ1n) is 0.286. The molecule has 44 valence electrons. The van der Waals surface area contributed by atoms with Gasteiger partial charge in [-0.1, -0.05) is 14.9 Å². The van der Waals surface area contributed by atoms with Gasteiger partial charge in [-0.05, 0) is 0 Å².